The molecule has 1 N–H and O–H groups in total. The van der Waals surface area contributed by atoms with Gasteiger partial charge in [-0.25, -0.2) is 0 Å². The van der Waals surface area contributed by atoms with Crippen molar-refractivity contribution in [2.45, 2.75) is 26.3 Å². The highest BCUT2D eigenvalue weighted by Crippen LogP contribution is 2.28. The van der Waals surface area contributed by atoms with Gasteiger partial charge >= 0.3 is 0 Å². The molecular formula is C11H15BrClN3O2. The fourth-order valence-electron chi connectivity index (χ4n) is 1.46. The second-order valence-electron chi connectivity index (χ2n) is 3.97. The Morgan fingerprint density at radius 3 is 2.78 bits per heavy atom. The van der Waals surface area contributed by atoms with E-state index in [0.717, 1.165) is 12.0 Å². The lowest BCUT2D eigenvalue weighted by Gasteiger charge is -2.04. The van der Waals surface area contributed by atoms with Crippen molar-refractivity contribution < 1.29 is 8.94 Å². The number of nitrogens with zero attached hydrogens (tertiary/aromatic N) is 2. The molecule has 1 atom stereocenters. The molecule has 0 radical (unpaired) electrons. The van der Waals surface area contributed by atoms with Gasteiger partial charge < -0.3 is 14.3 Å². The summed E-state index contributed by atoms with van der Waals surface area (Å²) in [5.74, 6) is 1.72. The summed E-state index contributed by atoms with van der Waals surface area (Å²) in [5, 5.41) is 7.05. The van der Waals surface area contributed by atoms with Crippen molar-refractivity contribution in [3.8, 4) is 11.7 Å². The second kappa shape index (κ2) is 6.36. The summed E-state index contributed by atoms with van der Waals surface area (Å²) in [4.78, 5) is 4.31. The van der Waals surface area contributed by atoms with E-state index < -0.39 is 0 Å². The standard InChI is InChI=1S/C11H14BrN3O2.ClH/c1-6-4-8(12)16-10(6)11-14-9(15-17-11)5-7(2)13-3;/h4,7,13H,5H2,1-3H3;1H. The molecule has 0 saturated carbocycles. The Hall–Kier alpha value is -0.850. The van der Waals surface area contributed by atoms with Crippen LogP contribution in [0.3, 0.4) is 0 Å². The van der Waals surface area contributed by atoms with E-state index >= 15 is 0 Å². The van der Waals surface area contributed by atoms with Crippen molar-refractivity contribution in [2.75, 3.05) is 7.05 Å². The van der Waals surface area contributed by atoms with E-state index in [0.29, 0.717) is 28.2 Å². The van der Waals surface area contributed by atoms with E-state index in [4.69, 9.17) is 8.94 Å². The number of rotatable bonds is 4. The third-order valence-electron chi connectivity index (χ3n) is 2.53. The zero-order chi connectivity index (χ0) is 12.4. The van der Waals surface area contributed by atoms with Crippen LogP contribution in [-0.2, 0) is 6.42 Å². The molecule has 0 aliphatic rings. The van der Waals surface area contributed by atoms with Crippen LogP contribution in [0.2, 0.25) is 0 Å². The first-order valence-electron chi connectivity index (χ1n) is 5.36. The molecule has 0 bridgehead atoms. The predicted octanol–water partition coefficient (Wildman–Crippen LogP) is 2.97. The number of hydrogen-bond donors (Lipinski definition) is 1. The summed E-state index contributed by atoms with van der Waals surface area (Å²) in [6.07, 6.45) is 0.723. The molecule has 18 heavy (non-hydrogen) atoms. The van der Waals surface area contributed by atoms with Crippen LogP contribution in [0.25, 0.3) is 11.7 Å². The average molecular weight is 337 g/mol. The minimum Gasteiger partial charge on any atom is -0.444 e. The Balaban J connectivity index is 0.00000162. The molecule has 2 rings (SSSR count). The van der Waals surface area contributed by atoms with Crippen molar-refractivity contribution in [3.05, 3.63) is 22.1 Å². The molecule has 100 valence electrons. The van der Waals surface area contributed by atoms with Gasteiger partial charge in [-0.3, -0.25) is 0 Å². The van der Waals surface area contributed by atoms with Crippen LogP contribution >= 0.6 is 28.3 Å². The zero-order valence-corrected chi connectivity index (χ0v) is 12.8. The van der Waals surface area contributed by atoms with Gasteiger partial charge in [-0.1, -0.05) is 5.16 Å². The van der Waals surface area contributed by atoms with E-state index in [2.05, 4.69) is 38.3 Å². The second-order valence-corrected chi connectivity index (χ2v) is 4.75. The molecule has 2 aromatic rings. The Kier molecular flexibility index (Phi) is 5.37. The van der Waals surface area contributed by atoms with Crippen molar-refractivity contribution >= 4 is 28.3 Å². The molecule has 0 spiro atoms. The van der Waals surface area contributed by atoms with Crippen LogP contribution in [0.4, 0.5) is 0 Å². The van der Waals surface area contributed by atoms with Gasteiger partial charge in [-0.2, -0.15) is 4.98 Å². The van der Waals surface area contributed by atoms with Crippen LogP contribution in [0, 0.1) is 6.92 Å². The van der Waals surface area contributed by atoms with Crippen molar-refractivity contribution in [1.29, 1.82) is 0 Å². The molecule has 5 nitrogen and oxygen atoms in total. The van der Waals surface area contributed by atoms with Gasteiger partial charge in [0.2, 0.25) is 0 Å². The van der Waals surface area contributed by atoms with Crippen LogP contribution in [0.1, 0.15) is 18.3 Å². The van der Waals surface area contributed by atoms with Crippen molar-refractivity contribution in [3.63, 3.8) is 0 Å². The highest BCUT2D eigenvalue weighted by Gasteiger charge is 2.16. The highest BCUT2D eigenvalue weighted by atomic mass is 79.9. The largest absolute Gasteiger partial charge is 0.444 e. The molecule has 0 aliphatic carbocycles. The maximum absolute atomic E-state index is 5.45. The Bertz CT molecular complexity index is 512. The Morgan fingerprint density at radius 1 is 1.50 bits per heavy atom. The molecule has 7 heteroatoms. The lowest BCUT2D eigenvalue weighted by atomic mass is 10.2. The van der Waals surface area contributed by atoms with Crippen LogP contribution in [-0.4, -0.2) is 23.2 Å². The quantitative estimate of drug-likeness (QED) is 0.930. The van der Waals surface area contributed by atoms with Gasteiger partial charge in [0.15, 0.2) is 16.3 Å². The third-order valence-corrected chi connectivity index (χ3v) is 2.92. The van der Waals surface area contributed by atoms with E-state index in [1.54, 1.807) is 0 Å². The van der Waals surface area contributed by atoms with Crippen molar-refractivity contribution in [2.24, 2.45) is 0 Å². The molecule has 0 amide bonds. The fourth-order valence-corrected chi connectivity index (χ4v) is 1.97. The molecule has 0 aliphatic heterocycles. The Morgan fingerprint density at radius 2 is 2.22 bits per heavy atom. The molecule has 0 aromatic carbocycles. The van der Waals surface area contributed by atoms with Gasteiger partial charge in [-0.05, 0) is 42.9 Å². The topological polar surface area (TPSA) is 64.1 Å². The minimum atomic E-state index is 0. The first kappa shape index (κ1) is 15.2. The zero-order valence-electron chi connectivity index (χ0n) is 10.4. The van der Waals surface area contributed by atoms with E-state index in [9.17, 15) is 0 Å². The summed E-state index contributed by atoms with van der Waals surface area (Å²) in [7, 11) is 1.90. The van der Waals surface area contributed by atoms with Gasteiger partial charge in [0.25, 0.3) is 5.89 Å². The van der Waals surface area contributed by atoms with E-state index in [-0.39, 0.29) is 12.4 Å². The maximum atomic E-state index is 5.45. The molecule has 1 unspecified atom stereocenters. The van der Waals surface area contributed by atoms with Crippen LogP contribution in [0.15, 0.2) is 19.7 Å². The molecule has 2 aromatic heterocycles. The summed E-state index contributed by atoms with van der Waals surface area (Å²) in [6.45, 7) is 3.99. The lowest BCUT2D eigenvalue weighted by molar-refractivity contribution is 0.403. The smallest absolute Gasteiger partial charge is 0.293 e. The summed E-state index contributed by atoms with van der Waals surface area (Å²) < 4.78 is 11.3. The molecule has 2 heterocycles. The van der Waals surface area contributed by atoms with Crippen molar-refractivity contribution in [1.82, 2.24) is 15.5 Å². The van der Waals surface area contributed by atoms with Gasteiger partial charge in [0, 0.05) is 18.0 Å². The number of furan rings is 1. The monoisotopic (exact) mass is 335 g/mol. The number of aryl methyl sites for hydroxylation is 1. The molecule has 0 saturated heterocycles. The van der Waals surface area contributed by atoms with E-state index in [1.807, 2.05) is 20.0 Å². The van der Waals surface area contributed by atoms with Gasteiger partial charge in [0.1, 0.15) is 0 Å². The first-order valence-corrected chi connectivity index (χ1v) is 6.15. The van der Waals surface area contributed by atoms with Gasteiger partial charge in [-0.15, -0.1) is 12.4 Å². The maximum Gasteiger partial charge on any atom is 0.293 e. The number of hydrogen-bond acceptors (Lipinski definition) is 5. The number of nitrogens with one attached hydrogen (secondary N) is 1. The van der Waals surface area contributed by atoms with Crippen LogP contribution in [0.5, 0.6) is 0 Å². The number of likely N-dealkylation sites (N-methyl/N-ethyl adjacent to an activating group) is 1. The minimum absolute atomic E-state index is 0. The molecular weight excluding hydrogens is 321 g/mol. The third kappa shape index (κ3) is 3.34. The number of aromatic nitrogens is 2. The summed E-state index contributed by atoms with van der Waals surface area (Å²) >= 11 is 3.27. The summed E-state index contributed by atoms with van der Waals surface area (Å²) in [6, 6.07) is 2.18. The van der Waals surface area contributed by atoms with Crippen LogP contribution < -0.4 is 5.32 Å². The lowest BCUT2D eigenvalue weighted by Crippen LogP contribution is -2.24. The number of halogens is 2. The highest BCUT2D eigenvalue weighted by molar-refractivity contribution is 9.10. The Labute approximate surface area is 120 Å². The SMILES string of the molecule is CNC(C)Cc1noc(-c2oc(Br)cc2C)n1.Cl. The van der Waals surface area contributed by atoms with Gasteiger partial charge in [0.05, 0.1) is 0 Å². The average Bonchev–Trinajstić information content (AvgIpc) is 2.85. The fraction of sp³-hybridized carbons (Fsp3) is 0.455. The normalized spacial score (nSPS) is 12.2. The summed E-state index contributed by atoms with van der Waals surface area (Å²) in [5.41, 5.74) is 0.966. The predicted molar refractivity (Wildman–Crippen MR) is 73.9 cm³/mol. The van der Waals surface area contributed by atoms with E-state index in [1.165, 1.54) is 0 Å². The molecule has 0 fully saturated rings. The first-order chi connectivity index (χ1) is 8.10.